The summed E-state index contributed by atoms with van der Waals surface area (Å²) >= 11 is 0. The average Bonchev–Trinajstić information content (AvgIpc) is 2.95. The Kier molecular flexibility index (Phi) is 7.78. The molecule has 45 heavy (non-hydrogen) atoms. The van der Waals surface area contributed by atoms with Crippen LogP contribution in [0.2, 0.25) is 0 Å². The number of ether oxygens (including phenoxy) is 2. The Morgan fingerprint density at radius 2 is 1.49 bits per heavy atom. The molecule has 254 valence electrons. The van der Waals surface area contributed by atoms with E-state index < -0.39 is 58.9 Å². The van der Waals surface area contributed by atoms with E-state index in [1.165, 1.54) is 0 Å². The second-order valence-corrected chi connectivity index (χ2v) is 17.7. The molecule has 5 aliphatic carbocycles. The molecular formula is C36H56O9. The molecule has 13 atom stereocenters. The van der Waals surface area contributed by atoms with E-state index in [0.29, 0.717) is 32.1 Å². The smallest absolute Gasteiger partial charge is 0.314 e. The van der Waals surface area contributed by atoms with E-state index in [-0.39, 0.29) is 40.1 Å². The van der Waals surface area contributed by atoms with Crippen molar-refractivity contribution in [2.24, 2.45) is 50.2 Å². The van der Waals surface area contributed by atoms with Gasteiger partial charge in [-0.3, -0.25) is 9.59 Å². The summed E-state index contributed by atoms with van der Waals surface area (Å²) in [6, 6.07) is 0. The van der Waals surface area contributed by atoms with E-state index in [9.17, 15) is 35.1 Å². The summed E-state index contributed by atoms with van der Waals surface area (Å²) in [5, 5.41) is 53.2. The number of hydrogen-bond acceptors (Lipinski definition) is 7. The third-order valence-electron chi connectivity index (χ3n) is 14.9. The van der Waals surface area contributed by atoms with Crippen molar-refractivity contribution in [3.8, 4) is 0 Å². The van der Waals surface area contributed by atoms with Gasteiger partial charge in [0.25, 0.3) is 0 Å². The minimum absolute atomic E-state index is 0.0443. The van der Waals surface area contributed by atoms with Gasteiger partial charge in [-0.05, 0) is 111 Å². The molecule has 4 saturated carbocycles. The molecule has 1 saturated heterocycles. The van der Waals surface area contributed by atoms with Crippen LogP contribution >= 0.6 is 0 Å². The van der Waals surface area contributed by atoms with E-state index in [0.717, 1.165) is 37.7 Å². The van der Waals surface area contributed by atoms with Gasteiger partial charge in [0, 0.05) is 0 Å². The molecular weight excluding hydrogens is 576 g/mol. The molecule has 1 aliphatic heterocycles. The van der Waals surface area contributed by atoms with Gasteiger partial charge in [-0.25, -0.2) is 0 Å². The Bertz CT molecular complexity index is 1260. The lowest BCUT2D eigenvalue weighted by Gasteiger charge is -2.70. The highest BCUT2D eigenvalue weighted by Gasteiger charge is 2.73. The third kappa shape index (κ3) is 4.42. The molecule has 0 unspecified atom stereocenters. The number of aliphatic hydroxyl groups excluding tert-OH is 3. The Labute approximate surface area is 267 Å². The maximum atomic E-state index is 13.8. The molecule has 0 aromatic rings. The van der Waals surface area contributed by atoms with Crippen LogP contribution in [0.3, 0.4) is 0 Å². The molecule has 0 amide bonds. The van der Waals surface area contributed by atoms with Crippen molar-refractivity contribution in [2.45, 2.75) is 149 Å². The maximum Gasteiger partial charge on any atom is 0.314 e. The van der Waals surface area contributed by atoms with Crippen LogP contribution in [0.1, 0.15) is 113 Å². The predicted octanol–water partition coefficient (Wildman–Crippen LogP) is 5.15. The van der Waals surface area contributed by atoms with Gasteiger partial charge < -0.3 is 35.0 Å². The van der Waals surface area contributed by atoms with Gasteiger partial charge in [0.15, 0.2) is 6.29 Å². The van der Waals surface area contributed by atoms with Crippen LogP contribution < -0.4 is 0 Å². The normalized spacial score (nSPS) is 51.9. The van der Waals surface area contributed by atoms with Crippen LogP contribution in [-0.2, 0) is 19.1 Å². The first-order chi connectivity index (χ1) is 20.8. The van der Waals surface area contributed by atoms with Crippen LogP contribution in [0, 0.1) is 50.2 Å². The van der Waals surface area contributed by atoms with Crippen LogP contribution in [0.25, 0.3) is 0 Å². The summed E-state index contributed by atoms with van der Waals surface area (Å²) in [4.78, 5) is 26.7. The summed E-state index contributed by atoms with van der Waals surface area (Å²) in [6.45, 7) is 15.0. The van der Waals surface area contributed by atoms with E-state index in [2.05, 4.69) is 47.6 Å². The van der Waals surface area contributed by atoms with Crippen molar-refractivity contribution >= 4 is 11.9 Å². The minimum atomic E-state index is -1.36. The summed E-state index contributed by atoms with van der Waals surface area (Å²) in [7, 11) is 0. The topological polar surface area (TPSA) is 154 Å². The van der Waals surface area contributed by atoms with E-state index in [4.69, 9.17) is 9.47 Å². The Morgan fingerprint density at radius 1 is 0.822 bits per heavy atom. The monoisotopic (exact) mass is 632 g/mol. The van der Waals surface area contributed by atoms with E-state index in [1.807, 2.05) is 0 Å². The van der Waals surface area contributed by atoms with Gasteiger partial charge in [0.05, 0.1) is 23.0 Å². The second kappa shape index (κ2) is 10.5. The lowest BCUT2D eigenvalue weighted by molar-refractivity contribution is -0.324. The first-order valence-electron chi connectivity index (χ1n) is 17.3. The molecule has 0 spiro atoms. The number of fused-ring (bicyclic) bond motifs is 7. The highest BCUT2D eigenvalue weighted by molar-refractivity contribution is 5.84. The van der Waals surface area contributed by atoms with Crippen molar-refractivity contribution < 1.29 is 44.6 Å². The summed E-state index contributed by atoms with van der Waals surface area (Å²) in [5.74, 6) is -1.52. The quantitative estimate of drug-likeness (QED) is 0.209. The van der Waals surface area contributed by atoms with Crippen molar-refractivity contribution in [3.05, 3.63) is 11.6 Å². The molecule has 0 bridgehead atoms. The first kappa shape index (κ1) is 33.4. The fourth-order valence-corrected chi connectivity index (χ4v) is 12.3. The molecule has 5 N–H and O–H groups in total. The molecule has 9 nitrogen and oxygen atoms in total. The van der Waals surface area contributed by atoms with Gasteiger partial charge in [-0.15, -0.1) is 0 Å². The average molecular weight is 633 g/mol. The van der Waals surface area contributed by atoms with Gasteiger partial charge in [0.1, 0.15) is 18.3 Å². The largest absolute Gasteiger partial charge is 0.481 e. The standard InChI is InChI=1S/C36H56O9/c1-19-25(37)26(38)27(39)28(44-19)45-24-11-12-33(6)22(32(24,4)5)10-13-34(7)23(33)9-8-20-21-18-31(2,3)14-15-35(21,29(40)41)16-17-36(20,34)30(42)43/h8,19,21-28,37-39H,9-18H2,1-7H3,(H,40,41)(H,42,43)/t19-,21+,22+,23-,24+,25-,26+,27-,28+,33+,34-,35+,36-/m1/s1. The first-order valence-corrected chi connectivity index (χ1v) is 17.3. The Balaban J connectivity index is 1.35. The number of carboxylic acids is 2. The SMILES string of the molecule is C[C@H]1O[C@@H](O[C@H]2CC[C@]3(C)[C@H]4CC=C5[C@@H]6CC(C)(C)CC[C@]6(C(=O)O)CC[C@@]5(C(=O)O)[C@]4(C)CC[C@H]3C2(C)C)[C@H](O)[C@@H](O)[C@@H]1O. The predicted molar refractivity (Wildman–Crippen MR) is 166 cm³/mol. The Morgan fingerprint density at radius 3 is 2.13 bits per heavy atom. The molecule has 6 rings (SSSR count). The van der Waals surface area contributed by atoms with Gasteiger partial charge in [0.2, 0.25) is 0 Å². The molecule has 1 heterocycles. The van der Waals surface area contributed by atoms with Gasteiger partial charge >= 0.3 is 11.9 Å². The number of aliphatic hydroxyl groups is 3. The van der Waals surface area contributed by atoms with Crippen molar-refractivity contribution in [2.75, 3.05) is 0 Å². The second-order valence-electron chi connectivity index (χ2n) is 17.7. The highest BCUT2D eigenvalue weighted by Crippen LogP contribution is 2.76. The molecule has 5 fully saturated rings. The summed E-state index contributed by atoms with van der Waals surface area (Å²) in [6.07, 6.45) is 3.02. The van der Waals surface area contributed by atoms with Crippen LogP contribution in [-0.4, -0.2) is 74.3 Å². The number of carbonyl (C=O) groups is 2. The number of rotatable bonds is 4. The number of carboxylic acid groups (broad SMARTS) is 2. The molecule has 6 aliphatic rings. The zero-order valence-corrected chi connectivity index (χ0v) is 28.2. The van der Waals surface area contributed by atoms with Crippen LogP contribution in [0.5, 0.6) is 0 Å². The van der Waals surface area contributed by atoms with Crippen molar-refractivity contribution in [3.63, 3.8) is 0 Å². The lowest BCUT2D eigenvalue weighted by Crippen LogP contribution is -2.68. The molecule has 0 radical (unpaired) electrons. The lowest BCUT2D eigenvalue weighted by atomic mass is 9.33. The molecule has 0 aromatic carbocycles. The van der Waals surface area contributed by atoms with E-state index >= 15 is 0 Å². The molecule has 0 aromatic heterocycles. The zero-order valence-electron chi connectivity index (χ0n) is 28.2. The van der Waals surface area contributed by atoms with Gasteiger partial charge in [-0.2, -0.15) is 0 Å². The van der Waals surface area contributed by atoms with E-state index in [1.54, 1.807) is 6.92 Å². The summed E-state index contributed by atoms with van der Waals surface area (Å²) < 4.78 is 12.3. The fourth-order valence-electron chi connectivity index (χ4n) is 12.3. The highest BCUT2D eigenvalue weighted by atomic mass is 16.7. The maximum absolute atomic E-state index is 13.8. The number of hydrogen-bond donors (Lipinski definition) is 5. The van der Waals surface area contributed by atoms with Crippen LogP contribution in [0.4, 0.5) is 0 Å². The molecule has 9 heteroatoms. The van der Waals surface area contributed by atoms with Crippen LogP contribution in [0.15, 0.2) is 11.6 Å². The van der Waals surface area contributed by atoms with Crippen molar-refractivity contribution in [1.29, 1.82) is 0 Å². The third-order valence-corrected chi connectivity index (χ3v) is 14.9. The van der Waals surface area contributed by atoms with Crippen molar-refractivity contribution in [1.82, 2.24) is 0 Å². The van der Waals surface area contributed by atoms with Gasteiger partial charge in [-0.1, -0.05) is 53.2 Å². The zero-order chi connectivity index (χ0) is 33.1. The number of allylic oxidation sites excluding steroid dienone is 1. The Hall–Kier alpha value is -1.52. The fraction of sp³-hybridized carbons (Fsp3) is 0.889. The number of aliphatic carboxylic acids is 2. The minimum Gasteiger partial charge on any atom is -0.481 e. The summed E-state index contributed by atoms with van der Waals surface area (Å²) in [5.41, 5.74) is -2.17.